The summed E-state index contributed by atoms with van der Waals surface area (Å²) in [5.74, 6) is 0.965. The van der Waals surface area contributed by atoms with E-state index in [4.69, 9.17) is 15.3 Å². The fourth-order valence-electron chi connectivity index (χ4n) is 2.69. The summed E-state index contributed by atoms with van der Waals surface area (Å²) in [6.07, 6.45) is 3.44. The molecule has 0 spiro atoms. The molecule has 168 valence electrons. The molecular formula is C28H33HfO3-. The average molecular weight is 596 g/mol. The standard InChI is InChI=1S/C10H15.3C6H6O.Hf/c1-7-6-10(4,5)9(3)8(7)2;3*7-6-4-2-1-3-5-6;/h1-5H3;3*1-5,7H;/q-1;;;;. The second-order valence-electron chi connectivity index (χ2n) is 7.63. The van der Waals surface area contributed by atoms with Crippen LogP contribution in [0.4, 0.5) is 0 Å². The molecule has 4 heteroatoms. The summed E-state index contributed by atoms with van der Waals surface area (Å²) in [6.45, 7) is 10.9. The van der Waals surface area contributed by atoms with Gasteiger partial charge in [-0.25, -0.2) is 5.57 Å². The normalized spacial score (nSPS) is 13.0. The Morgan fingerprint density at radius 1 is 0.562 bits per heavy atom. The number of para-hydroxylation sites is 3. The first-order valence-electron chi connectivity index (χ1n) is 10.2. The summed E-state index contributed by atoms with van der Waals surface area (Å²) in [5.41, 5.74) is 4.39. The van der Waals surface area contributed by atoms with Crippen molar-refractivity contribution in [1.29, 1.82) is 0 Å². The smallest absolute Gasteiger partial charge is 0.115 e. The maximum atomic E-state index is 8.63. The van der Waals surface area contributed by atoms with Crippen molar-refractivity contribution in [2.45, 2.75) is 34.6 Å². The monoisotopic (exact) mass is 597 g/mol. The van der Waals surface area contributed by atoms with Crippen molar-refractivity contribution in [2.24, 2.45) is 5.41 Å². The van der Waals surface area contributed by atoms with Gasteiger partial charge in [0.25, 0.3) is 0 Å². The SMILES string of the molecule is CC1=[C-]C(C)(C)C(C)=C1C.Oc1ccccc1.Oc1ccccc1.Oc1ccccc1.[Hf]. The molecule has 4 rings (SSSR count). The quantitative estimate of drug-likeness (QED) is 0.189. The van der Waals surface area contributed by atoms with Crippen LogP contribution in [-0.2, 0) is 25.8 Å². The van der Waals surface area contributed by atoms with E-state index in [-0.39, 0.29) is 31.3 Å². The molecule has 0 fully saturated rings. The molecule has 0 radical (unpaired) electrons. The summed E-state index contributed by atoms with van der Waals surface area (Å²) < 4.78 is 0. The Morgan fingerprint density at radius 3 is 0.938 bits per heavy atom. The number of aromatic hydroxyl groups is 3. The molecule has 0 heterocycles. The first kappa shape index (κ1) is 29.4. The Morgan fingerprint density at radius 2 is 0.844 bits per heavy atom. The van der Waals surface area contributed by atoms with Crippen LogP contribution in [0.5, 0.6) is 17.2 Å². The van der Waals surface area contributed by atoms with Crippen molar-refractivity contribution in [2.75, 3.05) is 0 Å². The predicted molar refractivity (Wildman–Crippen MR) is 129 cm³/mol. The van der Waals surface area contributed by atoms with Gasteiger partial charge in [-0.3, -0.25) is 6.08 Å². The zero-order valence-corrected chi connectivity index (χ0v) is 23.1. The predicted octanol–water partition coefficient (Wildman–Crippen LogP) is 7.29. The molecule has 1 aliphatic rings. The molecule has 0 saturated heterocycles. The molecule has 0 unspecified atom stereocenters. The van der Waals surface area contributed by atoms with Crippen LogP contribution in [0, 0.1) is 11.5 Å². The van der Waals surface area contributed by atoms with Gasteiger partial charge in [-0.1, -0.05) is 87.7 Å². The van der Waals surface area contributed by atoms with Crippen molar-refractivity contribution < 1.29 is 41.2 Å². The molecule has 32 heavy (non-hydrogen) atoms. The van der Waals surface area contributed by atoms with Gasteiger partial charge < -0.3 is 15.3 Å². The Bertz CT molecular complexity index is 859. The third-order valence-corrected chi connectivity index (χ3v) is 4.83. The first-order chi connectivity index (χ1) is 14.6. The van der Waals surface area contributed by atoms with Gasteiger partial charge in [0.1, 0.15) is 17.2 Å². The molecule has 3 nitrogen and oxygen atoms in total. The van der Waals surface area contributed by atoms with Crippen LogP contribution in [-0.4, -0.2) is 15.3 Å². The molecule has 3 aromatic carbocycles. The Kier molecular flexibility index (Phi) is 14.0. The summed E-state index contributed by atoms with van der Waals surface area (Å²) in [6, 6.07) is 26.1. The Hall–Kier alpha value is -2.59. The number of hydrogen-bond acceptors (Lipinski definition) is 3. The second kappa shape index (κ2) is 15.3. The molecule has 3 aromatic rings. The minimum absolute atomic E-state index is 0. The van der Waals surface area contributed by atoms with E-state index in [1.165, 1.54) is 16.7 Å². The molecule has 0 aromatic heterocycles. The molecule has 0 amide bonds. The molecular weight excluding hydrogens is 563 g/mol. The van der Waals surface area contributed by atoms with Crippen LogP contribution < -0.4 is 0 Å². The van der Waals surface area contributed by atoms with Crippen LogP contribution >= 0.6 is 0 Å². The van der Waals surface area contributed by atoms with E-state index in [1.54, 1.807) is 72.8 Å². The van der Waals surface area contributed by atoms with Crippen LogP contribution in [0.1, 0.15) is 34.6 Å². The summed E-state index contributed by atoms with van der Waals surface area (Å²) >= 11 is 0. The number of rotatable bonds is 0. The van der Waals surface area contributed by atoms with Crippen molar-refractivity contribution in [1.82, 2.24) is 0 Å². The van der Waals surface area contributed by atoms with Gasteiger partial charge in [0, 0.05) is 25.8 Å². The molecule has 0 atom stereocenters. The van der Waals surface area contributed by atoms with Crippen LogP contribution in [0.15, 0.2) is 108 Å². The molecule has 3 N–H and O–H groups in total. The van der Waals surface area contributed by atoms with Crippen LogP contribution in [0.25, 0.3) is 0 Å². The average Bonchev–Trinajstić information content (AvgIpc) is 2.92. The van der Waals surface area contributed by atoms with E-state index in [1.807, 2.05) is 18.2 Å². The third kappa shape index (κ3) is 11.7. The van der Waals surface area contributed by atoms with E-state index >= 15 is 0 Å². The molecule has 0 aliphatic heterocycles. The van der Waals surface area contributed by atoms with Gasteiger partial charge in [-0.2, -0.15) is 11.1 Å². The minimum atomic E-state index is 0. The number of phenols is 3. The Labute approximate surface area is 211 Å². The van der Waals surface area contributed by atoms with E-state index in [0.29, 0.717) is 17.2 Å². The minimum Gasteiger partial charge on any atom is -0.508 e. The maximum absolute atomic E-state index is 8.63. The van der Waals surface area contributed by atoms with E-state index < -0.39 is 0 Å². The van der Waals surface area contributed by atoms with Crippen LogP contribution in [0.2, 0.25) is 0 Å². The summed E-state index contributed by atoms with van der Waals surface area (Å²) in [7, 11) is 0. The molecule has 0 saturated carbocycles. The van der Waals surface area contributed by atoms with E-state index in [0.717, 1.165) is 0 Å². The molecule has 0 bridgehead atoms. The van der Waals surface area contributed by atoms with Crippen molar-refractivity contribution in [3.63, 3.8) is 0 Å². The topological polar surface area (TPSA) is 60.7 Å². The van der Waals surface area contributed by atoms with E-state index in [2.05, 4.69) is 40.7 Å². The van der Waals surface area contributed by atoms with Gasteiger partial charge in [-0.05, 0) is 36.4 Å². The second-order valence-corrected chi connectivity index (χ2v) is 7.63. The number of benzene rings is 3. The molecule has 1 aliphatic carbocycles. The van der Waals surface area contributed by atoms with Crippen molar-refractivity contribution in [3.8, 4) is 17.2 Å². The van der Waals surface area contributed by atoms with Gasteiger partial charge >= 0.3 is 0 Å². The largest absolute Gasteiger partial charge is 0.508 e. The first-order valence-corrected chi connectivity index (χ1v) is 10.2. The van der Waals surface area contributed by atoms with Crippen molar-refractivity contribution >= 4 is 0 Å². The van der Waals surface area contributed by atoms with Gasteiger partial charge in [0.05, 0.1) is 0 Å². The fraction of sp³-hybridized carbons (Fsp3) is 0.214. The summed E-state index contributed by atoms with van der Waals surface area (Å²) in [4.78, 5) is 0. The third-order valence-electron chi connectivity index (χ3n) is 4.83. The fourth-order valence-corrected chi connectivity index (χ4v) is 2.69. The van der Waals surface area contributed by atoms with Crippen molar-refractivity contribution in [3.05, 3.63) is 114 Å². The van der Waals surface area contributed by atoms with E-state index in [9.17, 15) is 0 Å². The maximum Gasteiger partial charge on any atom is 0.115 e. The summed E-state index contributed by atoms with van der Waals surface area (Å²) in [5, 5.41) is 25.9. The number of phenolic OH excluding ortho intramolecular Hbond substituents is 3. The van der Waals surface area contributed by atoms with Gasteiger partial charge in [0.2, 0.25) is 0 Å². The van der Waals surface area contributed by atoms with Crippen LogP contribution in [0.3, 0.4) is 0 Å². The van der Waals surface area contributed by atoms with Gasteiger partial charge in [-0.15, -0.1) is 6.92 Å². The van der Waals surface area contributed by atoms with Gasteiger partial charge in [0.15, 0.2) is 0 Å². The zero-order chi connectivity index (χ0) is 23.3. The number of allylic oxidation sites excluding steroid dienone is 4. The zero-order valence-electron chi connectivity index (χ0n) is 19.5. The Balaban J connectivity index is 0.000000401. The number of hydrogen-bond donors (Lipinski definition) is 3.